The second-order valence-corrected chi connectivity index (χ2v) is 4.54. The Labute approximate surface area is 135 Å². The van der Waals surface area contributed by atoms with Crippen LogP contribution >= 0.6 is 0 Å². The molecule has 0 fully saturated rings. The number of carbonyl (C=O) groups excluding carboxylic acids is 3. The Hall–Kier alpha value is -2.89. The topological polar surface area (TPSA) is 75.7 Å². The van der Waals surface area contributed by atoms with Gasteiger partial charge >= 0.3 is 17.8 Å². The Kier molecular flexibility index (Phi) is 7.26. The summed E-state index contributed by atoms with van der Waals surface area (Å²) in [7, 11) is 0. The minimum atomic E-state index is -0.766. The molecule has 2 amide bonds. The molecule has 0 aliphatic heterocycles. The highest BCUT2D eigenvalue weighted by molar-refractivity contribution is 6.39. The van der Waals surface area contributed by atoms with Gasteiger partial charge in [0.1, 0.15) is 0 Å². The highest BCUT2D eigenvalue weighted by atomic mass is 16.5. The maximum atomic E-state index is 12.0. The zero-order valence-corrected chi connectivity index (χ0v) is 13.1. The van der Waals surface area contributed by atoms with E-state index in [9.17, 15) is 14.4 Å². The zero-order valence-electron chi connectivity index (χ0n) is 13.1. The number of ether oxygens (including phenoxy) is 1. The third-order valence-corrected chi connectivity index (χ3v) is 2.83. The SMILES string of the molecule is C=CCN(CC=C)C(=O)C(=O)Nc1ccc(C(=O)OCC)cc1. The van der Waals surface area contributed by atoms with Crippen molar-refractivity contribution in [2.45, 2.75) is 6.92 Å². The van der Waals surface area contributed by atoms with E-state index in [1.165, 1.54) is 41.3 Å². The lowest BCUT2D eigenvalue weighted by Crippen LogP contribution is -2.39. The number of anilines is 1. The van der Waals surface area contributed by atoms with E-state index in [1.54, 1.807) is 6.92 Å². The largest absolute Gasteiger partial charge is 0.462 e. The minimum Gasteiger partial charge on any atom is -0.462 e. The summed E-state index contributed by atoms with van der Waals surface area (Å²) in [5.74, 6) is -1.89. The van der Waals surface area contributed by atoms with Crippen molar-refractivity contribution in [1.82, 2.24) is 4.90 Å². The van der Waals surface area contributed by atoms with Gasteiger partial charge in [-0.15, -0.1) is 13.2 Å². The molecule has 122 valence electrons. The number of nitrogens with zero attached hydrogens (tertiary/aromatic N) is 1. The van der Waals surface area contributed by atoms with Gasteiger partial charge in [0.05, 0.1) is 12.2 Å². The third-order valence-electron chi connectivity index (χ3n) is 2.83. The number of amides is 2. The number of carbonyl (C=O) groups is 3. The summed E-state index contributed by atoms with van der Waals surface area (Å²) in [5.41, 5.74) is 0.782. The average molecular weight is 316 g/mol. The third kappa shape index (κ3) is 5.43. The van der Waals surface area contributed by atoms with Gasteiger partial charge < -0.3 is 15.0 Å². The van der Waals surface area contributed by atoms with E-state index < -0.39 is 17.8 Å². The fourth-order valence-electron chi connectivity index (χ4n) is 1.78. The zero-order chi connectivity index (χ0) is 17.2. The molecule has 6 nitrogen and oxygen atoms in total. The van der Waals surface area contributed by atoms with Gasteiger partial charge in [-0.3, -0.25) is 9.59 Å². The van der Waals surface area contributed by atoms with Crippen LogP contribution in [-0.4, -0.2) is 42.4 Å². The lowest BCUT2D eigenvalue weighted by molar-refractivity contribution is -0.142. The lowest BCUT2D eigenvalue weighted by atomic mass is 10.2. The fraction of sp³-hybridized carbons (Fsp3) is 0.235. The molecule has 1 rings (SSSR count). The van der Waals surface area contributed by atoms with E-state index in [1.807, 2.05) is 0 Å². The van der Waals surface area contributed by atoms with Crippen LogP contribution < -0.4 is 5.32 Å². The van der Waals surface area contributed by atoms with Crippen LogP contribution in [0.5, 0.6) is 0 Å². The Morgan fingerprint density at radius 2 is 1.70 bits per heavy atom. The molecule has 0 aliphatic carbocycles. The predicted molar refractivity (Wildman–Crippen MR) is 88.0 cm³/mol. The molecule has 1 aromatic carbocycles. The minimum absolute atomic E-state index is 0.250. The molecule has 0 heterocycles. The molecule has 6 heteroatoms. The van der Waals surface area contributed by atoms with E-state index in [0.717, 1.165) is 0 Å². The molecule has 0 bridgehead atoms. The van der Waals surface area contributed by atoms with Gasteiger partial charge in [0.25, 0.3) is 0 Å². The van der Waals surface area contributed by atoms with Gasteiger partial charge in [0, 0.05) is 18.8 Å². The van der Waals surface area contributed by atoms with Gasteiger partial charge in [-0.2, -0.15) is 0 Å². The van der Waals surface area contributed by atoms with Crippen molar-refractivity contribution in [3.05, 3.63) is 55.1 Å². The quantitative estimate of drug-likeness (QED) is 0.474. The van der Waals surface area contributed by atoms with E-state index in [-0.39, 0.29) is 19.7 Å². The molecule has 0 spiro atoms. The summed E-state index contributed by atoms with van der Waals surface area (Å²) >= 11 is 0. The monoisotopic (exact) mass is 316 g/mol. The summed E-state index contributed by atoms with van der Waals surface area (Å²) in [5, 5.41) is 2.49. The van der Waals surface area contributed by atoms with Crippen molar-refractivity contribution < 1.29 is 19.1 Å². The Bertz CT molecular complexity index is 583. The van der Waals surface area contributed by atoms with E-state index in [2.05, 4.69) is 18.5 Å². The van der Waals surface area contributed by atoms with Crippen LogP contribution in [0, 0.1) is 0 Å². The van der Waals surface area contributed by atoms with Gasteiger partial charge in [-0.1, -0.05) is 12.2 Å². The van der Waals surface area contributed by atoms with Crippen LogP contribution in [0.3, 0.4) is 0 Å². The van der Waals surface area contributed by atoms with Gasteiger partial charge in [-0.25, -0.2) is 4.79 Å². The lowest BCUT2D eigenvalue weighted by Gasteiger charge is -2.18. The molecule has 0 unspecified atom stereocenters. The van der Waals surface area contributed by atoms with Crippen molar-refractivity contribution >= 4 is 23.5 Å². The average Bonchev–Trinajstić information content (AvgIpc) is 2.54. The smallest absolute Gasteiger partial charge is 0.338 e. The van der Waals surface area contributed by atoms with Crippen LogP contribution in [-0.2, 0) is 14.3 Å². The van der Waals surface area contributed by atoms with Crippen molar-refractivity contribution in [3.63, 3.8) is 0 Å². The van der Waals surface area contributed by atoms with Crippen molar-refractivity contribution in [1.29, 1.82) is 0 Å². The summed E-state index contributed by atoms with van der Waals surface area (Å²) in [4.78, 5) is 36.8. The van der Waals surface area contributed by atoms with Crippen molar-refractivity contribution in [2.24, 2.45) is 0 Å². The highest BCUT2D eigenvalue weighted by Crippen LogP contribution is 2.11. The van der Waals surface area contributed by atoms with Crippen LogP contribution in [0.15, 0.2) is 49.6 Å². The van der Waals surface area contributed by atoms with Gasteiger partial charge in [0.15, 0.2) is 0 Å². The first kappa shape index (κ1) is 18.2. The second-order valence-electron chi connectivity index (χ2n) is 4.54. The fourth-order valence-corrected chi connectivity index (χ4v) is 1.78. The van der Waals surface area contributed by atoms with Crippen LogP contribution in [0.25, 0.3) is 0 Å². The number of hydrogen-bond acceptors (Lipinski definition) is 4. The van der Waals surface area contributed by atoms with Gasteiger partial charge in [-0.05, 0) is 31.2 Å². The van der Waals surface area contributed by atoms with Gasteiger partial charge in [0.2, 0.25) is 0 Å². The Balaban J connectivity index is 2.72. The summed E-state index contributed by atoms with van der Waals surface area (Å²) < 4.78 is 4.87. The first-order valence-electron chi connectivity index (χ1n) is 7.12. The molecule has 0 saturated heterocycles. The molecule has 0 aliphatic rings. The maximum absolute atomic E-state index is 12.0. The Morgan fingerprint density at radius 3 is 2.17 bits per heavy atom. The number of esters is 1. The molecule has 0 atom stereocenters. The van der Waals surface area contributed by atoms with Crippen molar-refractivity contribution in [3.8, 4) is 0 Å². The first-order valence-corrected chi connectivity index (χ1v) is 7.12. The van der Waals surface area contributed by atoms with Crippen LogP contribution in [0.1, 0.15) is 17.3 Å². The molecule has 23 heavy (non-hydrogen) atoms. The molecule has 1 N–H and O–H groups in total. The molecular formula is C17H20N2O4. The molecule has 0 radical (unpaired) electrons. The summed E-state index contributed by atoms with van der Waals surface area (Å²) in [6.45, 7) is 9.60. The van der Waals surface area contributed by atoms with E-state index in [0.29, 0.717) is 11.3 Å². The van der Waals surface area contributed by atoms with Crippen molar-refractivity contribution in [2.75, 3.05) is 25.0 Å². The van der Waals surface area contributed by atoms with E-state index >= 15 is 0 Å². The van der Waals surface area contributed by atoms with Crippen LogP contribution in [0.4, 0.5) is 5.69 Å². The summed E-state index contributed by atoms with van der Waals surface area (Å²) in [6.07, 6.45) is 3.06. The normalized spacial score (nSPS) is 9.61. The number of nitrogens with one attached hydrogen (secondary N) is 1. The molecular weight excluding hydrogens is 296 g/mol. The van der Waals surface area contributed by atoms with E-state index in [4.69, 9.17) is 4.74 Å². The molecule has 1 aromatic rings. The number of rotatable bonds is 7. The first-order chi connectivity index (χ1) is 11.0. The predicted octanol–water partition coefficient (Wildman–Crippen LogP) is 2.00. The number of benzene rings is 1. The molecule has 0 saturated carbocycles. The molecule has 0 aromatic heterocycles. The number of hydrogen-bond donors (Lipinski definition) is 1. The highest BCUT2D eigenvalue weighted by Gasteiger charge is 2.20. The maximum Gasteiger partial charge on any atom is 0.338 e. The second kappa shape index (κ2) is 9.19. The standard InChI is InChI=1S/C17H20N2O4/c1-4-11-19(12-5-2)16(21)15(20)18-14-9-7-13(8-10-14)17(22)23-6-3/h4-5,7-10H,1-2,6,11-12H2,3H3,(H,18,20). The van der Waals surface area contributed by atoms with Crippen LogP contribution in [0.2, 0.25) is 0 Å². The Morgan fingerprint density at radius 1 is 1.13 bits per heavy atom. The summed E-state index contributed by atoms with van der Waals surface area (Å²) in [6, 6.07) is 6.10.